The van der Waals surface area contributed by atoms with E-state index < -0.39 is 0 Å². The van der Waals surface area contributed by atoms with Crippen LogP contribution in [0, 0.1) is 5.92 Å². The normalized spacial score (nSPS) is 29.5. The molecule has 2 saturated heterocycles. The third kappa shape index (κ3) is 3.29. The van der Waals surface area contributed by atoms with Crippen LogP contribution in [0.5, 0.6) is 0 Å². The second-order valence-corrected chi connectivity index (χ2v) is 6.40. The molecular weight excluding hydrogens is 238 g/mol. The zero-order valence-corrected chi connectivity index (χ0v) is 11.9. The molecule has 0 aromatic carbocycles. The van der Waals surface area contributed by atoms with Gasteiger partial charge in [-0.3, -0.25) is 9.69 Å². The van der Waals surface area contributed by atoms with Crippen LogP contribution >= 0.6 is 0 Å². The molecule has 1 N–H and O–H groups in total. The molecule has 2 aliphatic heterocycles. The number of carbonyl (C=O) groups excluding carboxylic acids is 1. The van der Waals surface area contributed by atoms with Crippen LogP contribution in [-0.4, -0.2) is 61.0 Å². The Balaban J connectivity index is 1.41. The maximum absolute atomic E-state index is 12.2. The third-order valence-electron chi connectivity index (χ3n) is 5.18. The highest BCUT2D eigenvalue weighted by Crippen LogP contribution is 2.30. The van der Waals surface area contributed by atoms with Gasteiger partial charge in [-0.05, 0) is 18.8 Å². The number of likely N-dealkylation sites (tertiary alicyclic amines) is 1. The standard InChI is InChI=1S/C15H27N3O/c19-15(5-4-13-2-1-3-13)18-9-6-14(12-18)17-10-7-16-8-11-17/h13-14,16H,1-12H2. The number of carbonyl (C=O) groups is 1. The van der Waals surface area contributed by atoms with Gasteiger partial charge in [-0.1, -0.05) is 19.3 Å². The van der Waals surface area contributed by atoms with Gasteiger partial charge in [0.05, 0.1) is 0 Å². The Morgan fingerprint density at radius 2 is 1.89 bits per heavy atom. The van der Waals surface area contributed by atoms with E-state index in [1.165, 1.54) is 25.7 Å². The van der Waals surface area contributed by atoms with Gasteiger partial charge in [0.1, 0.15) is 0 Å². The molecule has 1 unspecified atom stereocenters. The first-order chi connectivity index (χ1) is 9.33. The molecule has 1 atom stereocenters. The minimum Gasteiger partial charge on any atom is -0.341 e. The molecule has 3 aliphatic rings. The van der Waals surface area contributed by atoms with Crippen molar-refractivity contribution in [1.82, 2.24) is 15.1 Å². The quantitative estimate of drug-likeness (QED) is 0.826. The molecule has 2 heterocycles. The fraction of sp³-hybridized carbons (Fsp3) is 0.933. The van der Waals surface area contributed by atoms with Crippen molar-refractivity contribution in [3.63, 3.8) is 0 Å². The zero-order chi connectivity index (χ0) is 13.1. The number of hydrogen-bond donors (Lipinski definition) is 1. The van der Waals surface area contributed by atoms with Crippen molar-refractivity contribution in [2.45, 2.75) is 44.6 Å². The average Bonchev–Trinajstić information content (AvgIpc) is 2.87. The van der Waals surface area contributed by atoms with Crippen LogP contribution in [-0.2, 0) is 4.79 Å². The summed E-state index contributed by atoms with van der Waals surface area (Å²) >= 11 is 0. The van der Waals surface area contributed by atoms with E-state index in [0.717, 1.165) is 58.0 Å². The van der Waals surface area contributed by atoms with E-state index in [9.17, 15) is 4.79 Å². The number of nitrogens with one attached hydrogen (secondary N) is 1. The first-order valence-corrected chi connectivity index (χ1v) is 8.05. The van der Waals surface area contributed by atoms with Crippen LogP contribution in [0.2, 0.25) is 0 Å². The molecular formula is C15H27N3O. The Hall–Kier alpha value is -0.610. The Morgan fingerprint density at radius 3 is 2.58 bits per heavy atom. The van der Waals surface area contributed by atoms with Gasteiger partial charge >= 0.3 is 0 Å². The SMILES string of the molecule is O=C(CCC1CCC1)N1CCC(N2CCNCC2)C1. The summed E-state index contributed by atoms with van der Waals surface area (Å²) in [6, 6.07) is 0.620. The van der Waals surface area contributed by atoms with Gasteiger partial charge in [0.15, 0.2) is 0 Å². The lowest BCUT2D eigenvalue weighted by Gasteiger charge is -2.32. The van der Waals surface area contributed by atoms with Gasteiger partial charge in [0, 0.05) is 51.7 Å². The van der Waals surface area contributed by atoms with Crippen molar-refractivity contribution in [3.05, 3.63) is 0 Å². The summed E-state index contributed by atoms with van der Waals surface area (Å²) in [6.07, 6.45) is 7.20. The number of hydrogen-bond acceptors (Lipinski definition) is 3. The van der Waals surface area contributed by atoms with Gasteiger partial charge < -0.3 is 10.2 Å². The maximum atomic E-state index is 12.2. The maximum Gasteiger partial charge on any atom is 0.222 e. The van der Waals surface area contributed by atoms with E-state index in [-0.39, 0.29) is 0 Å². The van der Waals surface area contributed by atoms with E-state index in [2.05, 4.69) is 15.1 Å². The highest BCUT2D eigenvalue weighted by atomic mass is 16.2. The highest BCUT2D eigenvalue weighted by molar-refractivity contribution is 5.76. The first kappa shape index (κ1) is 13.4. The number of rotatable bonds is 4. The van der Waals surface area contributed by atoms with Gasteiger partial charge in [0.25, 0.3) is 0 Å². The second-order valence-electron chi connectivity index (χ2n) is 6.40. The summed E-state index contributed by atoms with van der Waals surface area (Å²) in [7, 11) is 0. The van der Waals surface area contributed by atoms with Crippen molar-refractivity contribution in [1.29, 1.82) is 0 Å². The smallest absolute Gasteiger partial charge is 0.222 e. The first-order valence-electron chi connectivity index (χ1n) is 8.05. The molecule has 0 bridgehead atoms. The van der Waals surface area contributed by atoms with Crippen molar-refractivity contribution in [2.24, 2.45) is 5.92 Å². The van der Waals surface area contributed by atoms with Crippen LogP contribution in [0.3, 0.4) is 0 Å². The molecule has 4 heteroatoms. The van der Waals surface area contributed by atoms with Crippen LogP contribution < -0.4 is 5.32 Å². The number of piperazine rings is 1. The predicted molar refractivity (Wildman–Crippen MR) is 76.0 cm³/mol. The van der Waals surface area contributed by atoms with Crippen LogP contribution in [0.25, 0.3) is 0 Å². The molecule has 3 rings (SSSR count). The van der Waals surface area contributed by atoms with E-state index in [1.807, 2.05) is 0 Å². The molecule has 1 aliphatic carbocycles. The molecule has 0 spiro atoms. The predicted octanol–water partition coefficient (Wildman–Crippen LogP) is 1.07. The third-order valence-corrected chi connectivity index (χ3v) is 5.18. The molecule has 19 heavy (non-hydrogen) atoms. The zero-order valence-electron chi connectivity index (χ0n) is 11.9. The van der Waals surface area contributed by atoms with E-state index in [1.54, 1.807) is 0 Å². The topological polar surface area (TPSA) is 35.6 Å². The fourth-order valence-electron chi connectivity index (χ4n) is 3.58. The minimum atomic E-state index is 0.407. The summed E-state index contributed by atoms with van der Waals surface area (Å²) in [5.74, 6) is 1.26. The van der Waals surface area contributed by atoms with E-state index >= 15 is 0 Å². The summed E-state index contributed by atoms with van der Waals surface area (Å²) in [5, 5.41) is 3.40. The molecule has 0 aromatic rings. The van der Waals surface area contributed by atoms with Crippen molar-refractivity contribution >= 4 is 5.91 Å². The highest BCUT2D eigenvalue weighted by Gasteiger charge is 2.31. The van der Waals surface area contributed by atoms with Crippen LogP contribution in [0.4, 0.5) is 0 Å². The molecule has 108 valence electrons. The Labute approximate surface area is 116 Å². The van der Waals surface area contributed by atoms with Gasteiger partial charge in [0.2, 0.25) is 5.91 Å². The Kier molecular flexibility index (Phi) is 4.38. The fourth-order valence-corrected chi connectivity index (χ4v) is 3.58. The summed E-state index contributed by atoms with van der Waals surface area (Å²) < 4.78 is 0. The minimum absolute atomic E-state index is 0.407. The van der Waals surface area contributed by atoms with Gasteiger partial charge in [-0.2, -0.15) is 0 Å². The van der Waals surface area contributed by atoms with Crippen LogP contribution in [0.1, 0.15) is 38.5 Å². The van der Waals surface area contributed by atoms with E-state index in [0.29, 0.717) is 11.9 Å². The van der Waals surface area contributed by atoms with Crippen molar-refractivity contribution < 1.29 is 4.79 Å². The number of amides is 1. The summed E-state index contributed by atoms with van der Waals surface area (Å²) in [6.45, 7) is 6.46. The monoisotopic (exact) mass is 265 g/mol. The lowest BCUT2D eigenvalue weighted by molar-refractivity contribution is -0.130. The van der Waals surface area contributed by atoms with Gasteiger partial charge in [-0.25, -0.2) is 0 Å². The molecule has 0 radical (unpaired) electrons. The van der Waals surface area contributed by atoms with Crippen LogP contribution in [0.15, 0.2) is 0 Å². The largest absolute Gasteiger partial charge is 0.341 e. The lowest BCUT2D eigenvalue weighted by atomic mass is 9.82. The second kappa shape index (κ2) is 6.23. The molecule has 1 amide bonds. The molecule has 0 aromatic heterocycles. The Bertz CT molecular complexity index is 311. The average molecular weight is 265 g/mol. The molecule has 4 nitrogen and oxygen atoms in total. The van der Waals surface area contributed by atoms with Crippen molar-refractivity contribution in [3.8, 4) is 0 Å². The summed E-state index contributed by atoms with van der Waals surface area (Å²) in [5.41, 5.74) is 0. The molecule has 1 saturated carbocycles. The van der Waals surface area contributed by atoms with Gasteiger partial charge in [-0.15, -0.1) is 0 Å². The van der Waals surface area contributed by atoms with Crippen molar-refractivity contribution in [2.75, 3.05) is 39.3 Å². The number of nitrogens with zero attached hydrogens (tertiary/aromatic N) is 2. The Morgan fingerprint density at radius 1 is 1.11 bits per heavy atom. The summed E-state index contributed by atoms with van der Waals surface area (Å²) in [4.78, 5) is 16.9. The molecule has 3 fully saturated rings. The lowest BCUT2D eigenvalue weighted by Crippen LogP contribution is -2.49. The van der Waals surface area contributed by atoms with E-state index in [4.69, 9.17) is 0 Å².